The van der Waals surface area contributed by atoms with E-state index in [1.807, 2.05) is 20.8 Å². The predicted molar refractivity (Wildman–Crippen MR) is 91.9 cm³/mol. The van der Waals surface area contributed by atoms with Gasteiger partial charge in [-0.3, -0.25) is 14.5 Å². The van der Waals surface area contributed by atoms with E-state index in [-0.39, 0.29) is 11.5 Å². The number of nitrogens with two attached hydrogens (primary N) is 1. The number of methoxy groups -OCH3 is 1. The number of aryl methyl sites for hydroxylation is 1. The van der Waals surface area contributed by atoms with Crippen molar-refractivity contribution in [3.8, 4) is 0 Å². The Labute approximate surface area is 142 Å². The largest absolute Gasteiger partial charge is 0.379 e. The van der Waals surface area contributed by atoms with Crippen molar-refractivity contribution < 1.29 is 9.53 Å². The van der Waals surface area contributed by atoms with Gasteiger partial charge in [0, 0.05) is 39.2 Å². The molecule has 2 rings (SSSR count). The predicted octanol–water partition coefficient (Wildman–Crippen LogP) is 0.497. The Morgan fingerprint density at radius 2 is 2.12 bits per heavy atom. The summed E-state index contributed by atoms with van der Waals surface area (Å²) in [4.78, 5) is 26.3. The van der Waals surface area contributed by atoms with Crippen LogP contribution in [0.2, 0.25) is 0 Å². The summed E-state index contributed by atoms with van der Waals surface area (Å²) in [6.45, 7) is 8.57. The molecule has 0 aromatic carbocycles. The Kier molecular flexibility index (Phi) is 6.12. The second-order valence-electron chi connectivity index (χ2n) is 6.97. The zero-order chi connectivity index (χ0) is 17.9. The molecule has 7 heteroatoms. The van der Waals surface area contributed by atoms with Gasteiger partial charge in [-0.2, -0.15) is 5.10 Å². The molecule has 7 nitrogen and oxygen atoms in total. The fourth-order valence-corrected chi connectivity index (χ4v) is 2.96. The highest BCUT2D eigenvalue weighted by molar-refractivity contribution is 5.78. The van der Waals surface area contributed by atoms with Gasteiger partial charge in [0.2, 0.25) is 5.91 Å². The molecule has 1 fully saturated rings. The highest BCUT2D eigenvalue weighted by atomic mass is 16.5. The molecule has 0 aliphatic carbocycles. The molecule has 0 radical (unpaired) electrons. The van der Waals surface area contributed by atoms with Gasteiger partial charge in [0.05, 0.1) is 11.8 Å². The van der Waals surface area contributed by atoms with Crippen LogP contribution in [0.3, 0.4) is 0 Å². The SMILES string of the molecule is COC1CN(CCc2nn([C@@H](CC(C)C)C(N)=O)c(=O)cc2C)C1. The van der Waals surface area contributed by atoms with Crippen molar-refractivity contribution in [2.75, 3.05) is 26.7 Å². The number of primary amides is 1. The lowest BCUT2D eigenvalue weighted by Gasteiger charge is -2.38. The molecule has 0 unspecified atom stereocenters. The summed E-state index contributed by atoms with van der Waals surface area (Å²) in [5.74, 6) is -0.271. The maximum atomic E-state index is 12.3. The first-order valence-electron chi connectivity index (χ1n) is 8.45. The number of hydrogen-bond acceptors (Lipinski definition) is 5. The molecule has 1 aromatic heterocycles. The van der Waals surface area contributed by atoms with Gasteiger partial charge in [-0.1, -0.05) is 13.8 Å². The lowest BCUT2D eigenvalue weighted by Crippen LogP contribution is -2.52. The van der Waals surface area contributed by atoms with Crippen LogP contribution in [0.15, 0.2) is 10.9 Å². The molecule has 1 atom stereocenters. The molecule has 0 spiro atoms. The Morgan fingerprint density at radius 3 is 2.67 bits per heavy atom. The van der Waals surface area contributed by atoms with E-state index in [9.17, 15) is 9.59 Å². The molecular formula is C17H28N4O3. The van der Waals surface area contributed by atoms with E-state index < -0.39 is 11.9 Å². The molecule has 0 bridgehead atoms. The standard InChI is InChI=1S/C17H28N4O3/c1-11(2)7-15(17(18)23)21-16(22)8-12(3)14(19-21)5-6-20-9-13(10-20)24-4/h8,11,13,15H,5-7,9-10H2,1-4H3,(H2,18,23)/t15-/m0/s1. The van der Waals surface area contributed by atoms with Crippen LogP contribution in [0.5, 0.6) is 0 Å². The van der Waals surface area contributed by atoms with Crippen LogP contribution < -0.4 is 11.3 Å². The maximum Gasteiger partial charge on any atom is 0.267 e. The van der Waals surface area contributed by atoms with Crippen LogP contribution in [0.1, 0.15) is 37.6 Å². The number of carbonyl (C=O) groups is 1. The van der Waals surface area contributed by atoms with Crippen molar-refractivity contribution in [2.24, 2.45) is 11.7 Å². The summed E-state index contributed by atoms with van der Waals surface area (Å²) >= 11 is 0. The fourth-order valence-electron chi connectivity index (χ4n) is 2.96. The number of likely N-dealkylation sites (tertiary alicyclic amines) is 1. The van der Waals surface area contributed by atoms with E-state index in [4.69, 9.17) is 10.5 Å². The zero-order valence-electron chi connectivity index (χ0n) is 15.0. The van der Waals surface area contributed by atoms with Gasteiger partial charge in [-0.15, -0.1) is 0 Å². The molecule has 134 valence electrons. The number of rotatable bonds is 8. The first-order valence-corrected chi connectivity index (χ1v) is 8.45. The zero-order valence-corrected chi connectivity index (χ0v) is 15.0. The molecule has 1 saturated heterocycles. The molecule has 1 aromatic rings. The number of nitrogens with zero attached hydrogens (tertiary/aromatic N) is 3. The van der Waals surface area contributed by atoms with Gasteiger partial charge in [-0.05, 0) is 24.8 Å². The van der Waals surface area contributed by atoms with E-state index in [1.54, 1.807) is 13.2 Å². The Balaban J connectivity index is 2.14. The van der Waals surface area contributed by atoms with Crippen molar-refractivity contribution >= 4 is 5.91 Å². The number of amides is 1. The van der Waals surface area contributed by atoms with Gasteiger partial charge in [0.15, 0.2) is 0 Å². The van der Waals surface area contributed by atoms with Crippen molar-refractivity contribution in [1.29, 1.82) is 0 Å². The van der Waals surface area contributed by atoms with Crippen molar-refractivity contribution in [1.82, 2.24) is 14.7 Å². The molecule has 0 saturated carbocycles. The summed E-state index contributed by atoms with van der Waals surface area (Å²) in [6, 6.07) is 0.853. The molecule has 1 aliphatic rings. The molecule has 2 heterocycles. The van der Waals surface area contributed by atoms with Crippen LogP contribution in [0.4, 0.5) is 0 Å². The second kappa shape index (κ2) is 7.90. The Hall–Kier alpha value is -1.73. The fraction of sp³-hybridized carbons (Fsp3) is 0.706. The van der Waals surface area contributed by atoms with E-state index in [2.05, 4.69) is 10.00 Å². The second-order valence-corrected chi connectivity index (χ2v) is 6.97. The molecule has 24 heavy (non-hydrogen) atoms. The Morgan fingerprint density at radius 1 is 1.46 bits per heavy atom. The van der Waals surface area contributed by atoms with E-state index >= 15 is 0 Å². The number of ether oxygens (including phenoxy) is 1. The minimum atomic E-state index is -0.696. The third kappa shape index (κ3) is 4.42. The highest BCUT2D eigenvalue weighted by Gasteiger charge is 2.26. The van der Waals surface area contributed by atoms with Crippen LogP contribution in [0, 0.1) is 12.8 Å². The van der Waals surface area contributed by atoms with E-state index in [0.29, 0.717) is 12.5 Å². The first kappa shape index (κ1) is 18.6. The van der Waals surface area contributed by atoms with Crippen molar-refractivity contribution in [3.63, 3.8) is 0 Å². The minimum Gasteiger partial charge on any atom is -0.379 e. The van der Waals surface area contributed by atoms with E-state index in [1.165, 1.54) is 4.68 Å². The van der Waals surface area contributed by atoms with Gasteiger partial charge < -0.3 is 10.5 Å². The van der Waals surface area contributed by atoms with Gasteiger partial charge in [-0.25, -0.2) is 4.68 Å². The first-order chi connectivity index (χ1) is 11.3. The summed E-state index contributed by atoms with van der Waals surface area (Å²) < 4.78 is 6.53. The minimum absolute atomic E-state index is 0.244. The summed E-state index contributed by atoms with van der Waals surface area (Å²) in [6.07, 6.45) is 1.56. The molecular weight excluding hydrogens is 308 g/mol. The summed E-state index contributed by atoms with van der Waals surface area (Å²) in [7, 11) is 1.72. The third-order valence-electron chi connectivity index (χ3n) is 4.49. The third-order valence-corrected chi connectivity index (χ3v) is 4.49. The lowest BCUT2D eigenvalue weighted by molar-refractivity contribution is -0.122. The van der Waals surface area contributed by atoms with Gasteiger partial charge in [0.1, 0.15) is 6.04 Å². The molecule has 1 aliphatic heterocycles. The topological polar surface area (TPSA) is 90.4 Å². The quantitative estimate of drug-likeness (QED) is 0.746. The van der Waals surface area contributed by atoms with Gasteiger partial charge in [0.25, 0.3) is 5.56 Å². The average molecular weight is 336 g/mol. The summed E-state index contributed by atoms with van der Waals surface area (Å²) in [5.41, 5.74) is 6.92. The van der Waals surface area contributed by atoms with E-state index in [0.717, 1.165) is 37.3 Å². The highest BCUT2D eigenvalue weighted by Crippen LogP contribution is 2.16. The average Bonchev–Trinajstić information content (AvgIpc) is 2.45. The maximum absolute atomic E-state index is 12.3. The smallest absolute Gasteiger partial charge is 0.267 e. The number of carbonyl (C=O) groups excluding carboxylic acids is 1. The normalized spacial score (nSPS) is 17.0. The van der Waals surface area contributed by atoms with Crippen LogP contribution in [-0.2, 0) is 16.0 Å². The monoisotopic (exact) mass is 336 g/mol. The summed E-state index contributed by atoms with van der Waals surface area (Å²) in [5, 5.41) is 4.46. The van der Waals surface area contributed by atoms with Crippen LogP contribution >= 0.6 is 0 Å². The van der Waals surface area contributed by atoms with Crippen LogP contribution in [-0.4, -0.2) is 53.4 Å². The molecule has 2 N–H and O–H groups in total. The van der Waals surface area contributed by atoms with Crippen molar-refractivity contribution in [2.45, 2.75) is 45.8 Å². The van der Waals surface area contributed by atoms with Crippen LogP contribution in [0.25, 0.3) is 0 Å². The number of hydrogen-bond donors (Lipinski definition) is 1. The Bertz CT molecular complexity index is 635. The van der Waals surface area contributed by atoms with Gasteiger partial charge >= 0.3 is 0 Å². The molecule has 1 amide bonds. The number of aromatic nitrogens is 2. The lowest BCUT2D eigenvalue weighted by atomic mass is 10.0. The van der Waals surface area contributed by atoms with Crippen molar-refractivity contribution in [3.05, 3.63) is 27.7 Å².